The molecule has 7 heteroatoms. The zero-order valence-corrected chi connectivity index (χ0v) is 15.5. The number of ether oxygens (including phenoxy) is 2. The second-order valence-electron chi connectivity index (χ2n) is 6.07. The number of aromatic nitrogens is 3. The highest BCUT2D eigenvalue weighted by molar-refractivity contribution is 5.89. The van der Waals surface area contributed by atoms with Crippen molar-refractivity contribution in [3.63, 3.8) is 0 Å². The van der Waals surface area contributed by atoms with Crippen LogP contribution in [0.4, 0.5) is 0 Å². The van der Waals surface area contributed by atoms with Gasteiger partial charge in [-0.2, -0.15) is 5.10 Å². The molecule has 2 aromatic heterocycles. The Hall–Kier alpha value is -3.35. The zero-order valence-electron chi connectivity index (χ0n) is 15.5. The molecule has 2 heterocycles. The summed E-state index contributed by atoms with van der Waals surface area (Å²) in [5.41, 5.74) is 0.356. The fourth-order valence-corrected chi connectivity index (χ4v) is 2.67. The van der Waals surface area contributed by atoms with Gasteiger partial charge in [0.05, 0.1) is 25.0 Å². The summed E-state index contributed by atoms with van der Waals surface area (Å²) in [7, 11) is 1.83. The predicted molar refractivity (Wildman–Crippen MR) is 100 cm³/mol. The van der Waals surface area contributed by atoms with Crippen molar-refractivity contribution in [1.82, 2.24) is 14.3 Å². The van der Waals surface area contributed by atoms with Gasteiger partial charge >= 0.3 is 5.97 Å². The number of rotatable bonds is 6. The summed E-state index contributed by atoms with van der Waals surface area (Å²) < 4.78 is 14.2. The summed E-state index contributed by atoms with van der Waals surface area (Å²) in [6, 6.07) is 8.79. The third-order valence-corrected chi connectivity index (χ3v) is 4.13. The minimum absolute atomic E-state index is 0.0579. The van der Waals surface area contributed by atoms with Crippen LogP contribution in [-0.2, 0) is 11.8 Å². The molecule has 0 fully saturated rings. The van der Waals surface area contributed by atoms with Gasteiger partial charge < -0.3 is 14.0 Å². The first kappa shape index (κ1) is 18.4. The minimum atomic E-state index is -0.673. The first-order valence-electron chi connectivity index (χ1n) is 8.64. The van der Waals surface area contributed by atoms with E-state index in [1.165, 1.54) is 6.20 Å². The normalized spacial score (nSPS) is 11.8. The van der Waals surface area contributed by atoms with Crippen LogP contribution in [0, 0.1) is 0 Å². The van der Waals surface area contributed by atoms with Gasteiger partial charge in [0, 0.05) is 25.0 Å². The molecule has 0 aliphatic rings. The van der Waals surface area contributed by atoms with E-state index < -0.39 is 11.4 Å². The summed E-state index contributed by atoms with van der Waals surface area (Å²) in [5, 5.41) is 4.18. The standard InChI is InChI=1S/C20H21N3O4/c1-4-26-20(25)17-12-23(14(2)15-10-21-22(3)11-15)13-18(19(17)24)27-16-8-6-5-7-9-16/h5-14H,4H2,1-3H3. The molecule has 27 heavy (non-hydrogen) atoms. The van der Waals surface area contributed by atoms with Crippen LogP contribution >= 0.6 is 0 Å². The average molecular weight is 367 g/mol. The SMILES string of the molecule is CCOC(=O)c1cn(C(C)c2cnn(C)c2)cc(Oc2ccccc2)c1=O. The molecular weight excluding hydrogens is 346 g/mol. The lowest BCUT2D eigenvalue weighted by atomic mass is 10.1. The predicted octanol–water partition coefficient (Wildman–Crippen LogP) is 3.16. The number of hydrogen-bond donors (Lipinski definition) is 0. The third-order valence-electron chi connectivity index (χ3n) is 4.13. The fraction of sp³-hybridized carbons (Fsp3) is 0.250. The highest BCUT2D eigenvalue weighted by Crippen LogP contribution is 2.22. The Bertz CT molecular complexity index is 992. The molecule has 0 bridgehead atoms. The highest BCUT2D eigenvalue weighted by atomic mass is 16.5. The number of nitrogens with zero attached hydrogens (tertiary/aromatic N) is 3. The van der Waals surface area contributed by atoms with Crippen LogP contribution in [0.15, 0.2) is 59.9 Å². The summed E-state index contributed by atoms with van der Waals surface area (Å²) >= 11 is 0. The molecule has 3 rings (SSSR count). The second-order valence-corrected chi connectivity index (χ2v) is 6.07. The monoisotopic (exact) mass is 367 g/mol. The Morgan fingerprint density at radius 2 is 1.93 bits per heavy atom. The average Bonchev–Trinajstić information content (AvgIpc) is 3.10. The Kier molecular flexibility index (Phi) is 5.40. The molecule has 0 radical (unpaired) electrons. The zero-order chi connectivity index (χ0) is 19.4. The molecule has 0 N–H and O–H groups in total. The molecule has 7 nitrogen and oxygen atoms in total. The van der Waals surface area contributed by atoms with Crippen molar-refractivity contribution in [2.24, 2.45) is 7.05 Å². The van der Waals surface area contributed by atoms with Gasteiger partial charge in [0.1, 0.15) is 11.3 Å². The molecule has 1 aromatic carbocycles. The van der Waals surface area contributed by atoms with Crippen LogP contribution in [0.1, 0.15) is 35.8 Å². The van der Waals surface area contributed by atoms with E-state index in [1.54, 1.807) is 52.8 Å². The minimum Gasteiger partial charge on any atom is -0.462 e. The first-order valence-corrected chi connectivity index (χ1v) is 8.64. The molecule has 0 saturated carbocycles. The van der Waals surface area contributed by atoms with Crippen molar-refractivity contribution in [1.29, 1.82) is 0 Å². The van der Waals surface area contributed by atoms with E-state index in [9.17, 15) is 9.59 Å². The lowest BCUT2D eigenvalue weighted by Crippen LogP contribution is -2.22. The van der Waals surface area contributed by atoms with Crippen molar-refractivity contribution in [2.75, 3.05) is 6.61 Å². The molecule has 0 aliphatic heterocycles. The number of para-hydroxylation sites is 1. The summed E-state index contributed by atoms with van der Waals surface area (Å²) in [6.45, 7) is 3.82. The Morgan fingerprint density at radius 1 is 1.19 bits per heavy atom. The van der Waals surface area contributed by atoms with Gasteiger partial charge in [-0.05, 0) is 26.0 Å². The number of benzene rings is 1. The number of pyridine rings is 1. The summed E-state index contributed by atoms with van der Waals surface area (Å²) in [4.78, 5) is 25.0. The number of aryl methyl sites for hydroxylation is 1. The Labute approximate surface area is 156 Å². The molecule has 1 unspecified atom stereocenters. The highest BCUT2D eigenvalue weighted by Gasteiger charge is 2.20. The maximum absolute atomic E-state index is 12.7. The maximum Gasteiger partial charge on any atom is 0.343 e. The van der Waals surface area contributed by atoms with Crippen molar-refractivity contribution in [3.05, 3.63) is 76.5 Å². The van der Waals surface area contributed by atoms with Crippen molar-refractivity contribution >= 4 is 5.97 Å². The first-order chi connectivity index (χ1) is 13.0. The van der Waals surface area contributed by atoms with E-state index in [1.807, 2.05) is 26.2 Å². The van der Waals surface area contributed by atoms with Gasteiger partial charge in [-0.3, -0.25) is 9.48 Å². The molecular formula is C20H21N3O4. The topological polar surface area (TPSA) is 75.3 Å². The van der Waals surface area contributed by atoms with E-state index in [2.05, 4.69) is 5.10 Å². The van der Waals surface area contributed by atoms with Crippen LogP contribution in [0.25, 0.3) is 0 Å². The van der Waals surface area contributed by atoms with E-state index in [0.29, 0.717) is 5.75 Å². The number of esters is 1. The lowest BCUT2D eigenvalue weighted by molar-refractivity contribution is 0.0523. The van der Waals surface area contributed by atoms with E-state index >= 15 is 0 Å². The number of hydrogen-bond acceptors (Lipinski definition) is 5. The Morgan fingerprint density at radius 3 is 2.56 bits per heavy atom. The quantitative estimate of drug-likeness (QED) is 0.626. The van der Waals surface area contributed by atoms with Gasteiger partial charge in [0.15, 0.2) is 5.75 Å². The molecule has 0 saturated heterocycles. The third kappa shape index (κ3) is 4.08. The van der Waals surface area contributed by atoms with Gasteiger partial charge in [-0.25, -0.2) is 4.79 Å². The van der Waals surface area contributed by atoms with Crippen molar-refractivity contribution < 1.29 is 14.3 Å². The molecule has 140 valence electrons. The lowest BCUT2D eigenvalue weighted by Gasteiger charge is -2.17. The van der Waals surface area contributed by atoms with E-state index in [4.69, 9.17) is 9.47 Å². The van der Waals surface area contributed by atoms with Gasteiger partial charge in [-0.1, -0.05) is 18.2 Å². The van der Waals surface area contributed by atoms with Gasteiger partial charge in [0.25, 0.3) is 0 Å². The van der Waals surface area contributed by atoms with Gasteiger partial charge in [-0.15, -0.1) is 0 Å². The Balaban J connectivity index is 2.07. The molecule has 3 aromatic rings. The van der Waals surface area contributed by atoms with Crippen LogP contribution in [0.2, 0.25) is 0 Å². The van der Waals surface area contributed by atoms with Crippen molar-refractivity contribution in [3.8, 4) is 11.5 Å². The second kappa shape index (κ2) is 7.90. The fourth-order valence-electron chi connectivity index (χ4n) is 2.67. The van der Waals surface area contributed by atoms with Crippen LogP contribution < -0.4 is 10.2 Å². The molecule has 0 amide bonds. The van der Waals surface area contributed by atoms with E-state index in [0.717, 1.165) is 5.56 Å². The molecule has 1 atom stereocenters. The van der Waals surface area contributed by atoms with Crippen LogP contribution in [-0.4, -0.2) is 26.9 Å². The van der Waals surface area contributed by atoms with Crippen molar-refractivity contribution in [2.45, 2.75) is 19.9 Å². The number of carbonyl (C=O) groups excluding carboxylic acids is 1. The largest absolute Gasteiger partial charge is 0.462 e. The smallest absolute Gasteiger partial charge is 0.343 e. The maximum atomic E-state index is 12.7. The van der Waals surface area contributed by atoms with Gasteiger partial charge in [0.2, 0.25) is 5.43 Å². The molecule has 0 aliphatic carbocycles. The number of carbonyl (C=O) groups is 1. The van der Waals surface area contributed by atoms with E-state index in [-0.39, 0.29) is 24.0 Å². The van der Waals surface area contributed by atoms with Crippen LogP contribution in [0.3, 0.4) is 0 Å². The summed E-state index contributed by atoms with van der Waals surface area (Å²) in [5.74, 6) is -0.105. The summed E-state index contributed by atoms with van der Waals surface area (Å²) in [6.07, 6.45) is 6.71. The molecule has 0 spiro atoms. The van der Waals surface area contributed by atoms with Crippen LogP contribution in [0.5, 0.6) is 11.5 Å².